The second-order valence-electron chi connectivity index (χ2n) is 7.44. The molecule has 0 aliphatic carbocycles. The zero-order chi connectivity index (χ0) is 23.6. The monoisotopic (exact) mass is 436 g/mol. The van der Waals surface area contributed by atoms with Crippen molar-refractivity contribution < 1.29 is 24.0 Å². The Labute approximate surface area is 185 Å². The number of rotatable bonds is 5. The molecular weight excluding hydrogens is 412 g/mol. The SMILES string of the molecule is COC(=O)C1=C(C)N(c2ccc(C)cc2)C(C)=C(C(=O)OC)C1c1cccc([N+](=O)[O-])c1. The number of nitro groups is 1. The van der Waals surface area contributed by atoms with Gasteiger partial charge in [0.25, 0.3) is 5.69 Å². The zero-order valence-electron chi connectivity index (χ0n) is 18.5. The molecule has 0 fully saturated rings. The predicted octanol–water partition coefficient (Wildman–Crippen LogP) is 4.40. The van der Waals surface area contributed by atoms with Crippen molar-refractivity contribution >= 4 is 23.3 Å². The lowest BCUT2D eigenvalue weighted by molar-refractivity contribution is -0.384. The number of benzene rings is 2. The van der Waals surface area contributed by atoms with Gasteiger partial charge in [-0.1, -0.05) is 29.8 Å². The molecule has 0 spiro atoms. The second-order valence-corrected chi connectivity index (χ2v) is 7.44. The summed E-state index contributed by atoms with van der Waals surface area (Å²) in [5, 5.41) is 11.4. The molecule has 0 amide bonds. The van der Waals surface area contributed by atoms with E-state index in [0.29, 0.717) is 17.0 Å². The third-order valence-electron chi connectivity index (χ3n) is 5.54. The first kappa shape index (κ1) is 22.7. The molecule has 166 valence electrons. The molecule has 0 N–H and O–H groups in total. The lowest BCUT2D eigenvalue weighted by Crippen LogP contribution is -2.35. The van der Waals surface area contributed by atoms with Crippen molar-refractivity contribution in [3.05, 3.63) is 92.3 Å². The summed E-state index contributed by atoms with van der Waals surface area (Å²) in [5.74, 6) is -2.16. The smallest absolute Gasteiger partial charge is 0.336 e. The Bertz CT molecular complexity index is 1110. The first-order valence-corrected chi connectivity index (χ1v) is 9.90. The lowest BCUT2D eigenvalue weighted by Gasteiger charge is -2.37. The normalized spacial score (nSPS) is 14.5. The standard InChI is InChI=1S/C24H24N2O6/c1-14-9-11-18(12-10-14)25-15(2)20(23(27)31-4)22(21(16(25)3)24(28)32-5)17-7-6-8-19(13-17)26(29)30/h6-13,22H,1-5H3. The van der Waals surface area contributed by atoms with Gasteiger partial charge in [-0.05, 0) is 38.5 Å². The Hall–Kier alpha value is -3.94. The van der Waals surface area contributed by atoms with Crippen LogP contribution in [0.1, 0.15) is 30.9 Å². The van der Waals surface area contributed by atoms with E-state index in [2.05, 4.69) is 0 Å². The first-order valence-electron chi connectivity index (χ1n) is 9.90. The number of nitro benzene ring substituents is 1. The molecule has 0 saturated carbocycles. The summed E-state index contributed by atoms with van der Waals surface area (Å²) in [6.07, 6.45) is 0. The van der Waals surface area contributed by atoms with Crippen molar-refractivity contribution in [1.82, 2.24) is 0 Å². The number of methoxy groups -OCH3 is 2. The molecule has 32 heavy (non-hydrogen) atoms. The van der Waals surface area contributed by atoms with Crippen LogP contribution in [0.5, 0.6) is 0 Å². The van der Waals surface area contributed by atoms with Gasteiger partial charge in [-0.2, -0.15) is 0 Å². The van der Waals surface area contributed by atoms with Crippen LogP contribution in [0.25, 0.3) is 0 Å². The van der Waals surface area contributed by atoms with E-state index in [-0.39, 0.29) is 16.8 Å². The van der Waals surface area contributed by atoms with Gasteiger partial charge in [0, 0.05) is 29.2 Å². The van der Waals surface area contributed by atoms with Gasteiger partial charge in [0.2, 0.25) is 0 Å². The van der Waals surface area contributed by atoms with Crippen LogP contribution in [0.15, 0.2) is 71.1 Å². The van der Waals surface area contributed by atoms with Crippen molar-refractivity contribution in [3.8, 4) is 0 Å². The number of aryl methyl sites for hydroxylation is 1. The average Bonchev–Trinajstić information content (AvgIpc) is 2.79. The molecule has 1 aliphatic rings. The molecular formula is C24H24N2O6. The molecule has 8 heteroatoms. The number of ether oxygens (including phenoxy) is 2. The fraction of sp³-hybridized carbons (Fsp3) is 0.250. The van der Waals surface area contributed by atoms with Crippen LogP contribution in [0.4, 0.5) is 11.4 Å². The van der Waals surface area contributed by atoms with E-state index in [4.69, 9.17) is 9.47 Å². The maximum absolute atomic E-state index is 13.0. The van der Waals surface area contributed by atoms with E-state index < -0.39 is 22.8 Å². The molecule has 3 rings (SSSR count). The number of non-ortho nitro benzene ring substituents is 1. The minimum Gasteiger partial charge on any atom is -0.466 e. The first-order chi connectivity index (χ1) is 15.2. The van der Waals surface area contributed by atoms with Crippen molar-refractivity contribution in [3.63, 3.8) is 0 Å². The van der Waals surface area contributed by atoms with Crippen LogP contribution in [-0.2, 0) is 19.1 Å². The quantitative estimate of drug-likeness (QED) is 0.389. The molecule has 2 aromatic carbocycles. The molecule has 0 aromatic heterocycles. The summed E-state index contributed by atoms with van der Waals surface area (Å²) in [7, 11) is 2.51. The molecule has 2 aromatic rings. The maximum atomic E-state index is 13.0. The minimum absolute atomic E-state index is 0.146. The number of allylic oxidation sites excluding steroid dienone is 2. The molecule has 0 atom stereocenters. The van der Waals surface area contributed by atoms with Gasteiger partial charge in [0.15, 0.2) is 0 Å². The number of carbonyl (C=O) groups is 2. The van der Waals surface area contributed by atoms with Crippen LogP contribution in [-0.4, -0.2) is 31.1 Å². The number of anilines is 1. The van der Waals surface area contributed by atoms with Gasteiger partial charge in [-0.25, -0.2) is 9.59 Å². The fourth-order valence-electron chi connectivity index (χ4n) is 4.04. The van der Waals surface area contributed by atoms with E-state index in [9.17, 15) is 19.7 Å². The highest BCUT2D eigenvalue weighted by atomic mass is 16.6. The van der Waals surface area contributed by atoms with E-state index in [1.54, 1.807) is 24.8 Å². The van der Waals surface area contributed by atoms with Crippen LogP contribution < -0.4 is 4.90 Å². The Kier molecular flexibility index (Phi) is 6.43. The van der Waals surface area contributed by atoms with E-state index in [1.807, 2.05) is 31.2 Å². The van der Waals surface area contributed by atoms with Gasteiger partial charge < -0.3 is 14.4 Å². The fourth-order valence-corrected chi connectivity index (χ4v) is 4.04. The van der Waals surface area contributed by atoms with Gasteiger partial charge in [0.05, 0.1) is 36.2 Å². The van der Waals surface area contributed by atoms with Crippen LogP contribution in [0.2, 0.25) is 0 Å². The van der Waals surface area contributed by atoms with Crippen LogP contribution >= 0.6 is 0 Å². The van der Waals surface area contributed by atoms with Gasteiger partial charge in [0.1, 0.15) is 0 Å². The highest BCUT2D eigenvalue weighted by molar-refractivity contribution is 6.01. The highest BCUT2D eigenvalue weighted by Crippen LogP contribution is 2.45. The second kappa shape index (κ2) is 9.05. The third-order valence-corrected chi connectivity index (χ3v) is 5.54. The van der Waals surface area contributed by atoms with Crippen molar-refractivity contribution in [1.29, 1.82) is 0 Å². The number of carbonyl (C=O) groups excluding carboxylic acids is 2. The van der Waals surface area contributed by atoms with Crippen molar-refractivity contribution in [2.24, 2.45) is 0 Å². The molecule has 0 radical (unpaired) electrons. The molecule has 0 unspecified atom stereocenters. The topological polar surface area (TPSA) is 99.0 Å². The van der Waals surface area contributed by atoms with E-state index >= 15 is 0 Å². The molecule has 0 saturated heterocycles. The number of esters is 2. The van der Waals surface area contributed by atoms with Gasteiger partial charge >= 0.3 is 11.9 Å². The predicted molar refractivity (Wildman–Crippen MR) is 119 cm³/mol. The average molecular weight is 436 g/mol. The number of hydrogen-bond acceptors (Lipinski definition) is 7. The lowest BCUT2D eigenvalue weighted by atomic mass is 9.79. The number of hydrogen-bond donors (Lipinski definition) is 0. The van der Waals surface area contributed by atoms with E-state index in [0.717, 1.165) is 11.3 Å². The third kappa shape index (κ3) is 3.99. The maximum Gasteiger partial charge on any atom is 0.336 e. The Morgan fingerprint density at radius 2 is 1.44 bits per heavy atom. The van der Waals surface area contributed by atoms with Gasteiger partial charge in [-0.15, -0.1) is 0 Å². The summed E-state index contributed by atoms with van der Waals surface area (Å²) < 4.78 is 10.1. The van der Waals surface area contributed by atoms with Crippen molar-refractivity contribution in [2.45, 2.75) is 26.7 Å². The molecule has 1 aliphatic heterocycles. The summed E-state index contributed by atoms with van der Waals surface area (Å²) in [4.78, 5) is 38.6. The summed E-state index contributed by atoms with van der Waals surface area (Å²) >= 11 is 0. The summed E-state index contributed by atoms with van der Waals surface area (Å²) in [5.41, 5.74) is 3.62. The number of nitrogens with zero attached hydrogens (tertiary/aromatic N) is 2. The largest absolute Gasteiger partial charge is 0.466 e. The Morgan fingerprint density at radius 1 is 0.906 bits per heavy atom. The zero-order valence-corrected chi connectivity index (χ0v) is 18.5. The minimum atomic E-state index is -0.892. The van der Waals surface area contributed by atoms with Crippen LogP contribution in [0, 0.1) is 17.0 Å². The summed E-state index contributed by atoms with van der Waals surface area (Å²) in [6.45, 7) is 5.48. The van der Waals surface area contributed by atoms with Crippen molar-refractivity contribution in [2.75, 3.05) is 19.1 Å². The molecule has 1 heterocycles. The van der Waals surface area contributed by atoms with Crippen LogP contribution in [0.3, 0.4) is 0 Å². The van der Waals surface area contributed by atoms with Gasteiger partial charge in [-0.3, -0.25) is 10.1 Å². The Balaban J connectivity index is 2.34. The summed E-state index contributed by atoms with van der Waals surface area (Å²) in [6, 6.07) is 13.5. The molecule has 8 nitrogen and oxygen atoms in total. The highest BCUT2D eigenvalue weighted by Gasteiger charge is 2.41. The van der Waals surface area contributed by atoms with E-state index in [1.165, 1.54) is 32.4 Å². The Morgan fingerprint density at radius 3 is 1.91 bits per heavy atom. The molecule has 0 bridgehead atoms.